The maximum absolute atomic E-state index is 14.1. The predicted octanol–water partition coefficient (Wildman–Crippen LogP) is 2.99. The number of hydrogen-bond donors (Lipinski definition) is 3. The molecular formula is C31H44N2O9. The van der Waals surface area contributed by atoms with Crippen LogP contribution in [0.3, 0.4) is 0 Å². The number of alkyl carbamates (subject to hydrolysis) is 1. The predicted molar refractivity (Wildman–Crippen MR) is 156 cm³/mol. The van der Waals surface area contributed by atoms with Crippen LogP contribution in [-0.4, -0.2) is 87.4 Å². The third-order valence-corrected chi connectivity index (χ3v) is 6.36. The number of ketones is 1. The van der Waals surface area contributed by atoms with Gasteiger partial charge in [0, 0.05) is 18.4 Å². The van der Waals surface area contributed by atoms with Crippen molar-refractivity contribution in [3.8, 4) is 0 Å². The zero-order chi connectivity index (χ0) is 30.8. The Balaban J connectivity index is 2.11. The highest BCUT2D eigenvalue weighted by molar-refractivity contribution is 6.10. The first-order valence-electron chi connectivity index (χ1n) is 14.0. The quantitative estimate of drug-likeness (QED) is 0.155. The van der Waals surface area contributed by atoms with Crippen molar-refractivity contribution in [1.29, 1.82) is 0 Å². The molecule has 0 aliphatic carbocycles. The molecule has 2 aromatic rings. The molecule has 0 radical (unpaired) electrons. The van der Waals surface area contributed by atoms with Crippen molar-refractivity contribution in [1.82, 2.24) is 5.32 Å². The van der Waals surface area contributed by atoms with Crippen LogP contribution in [0.2, 0.25) is 0 Å². The molecule has 0 aromatic heterocycles. The van der Waals surface area contributed by atoms with Gasteiger partial charge in [-0.1, -0.05) is 81.4 Å². The molecule has 4 N–H and O–H groups in total. The molecule has 0 heterocycles. The van der Waals surface area contributed by atoms with Crippen LogP contribution in [-0.2, 0) is 46.3 Å². The number of benzene rings is 2. The van der Waals surface area contributed by atoms with E-state index in [1.165, 1.54) is 0 Å². The fraction of sp³-hybridized carbons (Fsp3) is 0.516. The highest BCUT2D eigenvalue weighted by atomic mass is 16.6. The number of carboxylic acids is 1. The minimum absolute atomic E-state index is 0.0134. The monoisotopic (exact) mass is 588 g/mol. The van der Waals surface area contributed by atoms with Crippen molar-refractivity contribution in [3.63, 3.8) is 0 Å². The molecule has 2 aromatic carbocycles. The van der Waals surface area contributed by atoms with Gasteiger partial charge >= 0.3 is 12.1 Å². The molecule has 0 aliphatic rings. The van der Waals surface area contributed by atoms with Crippen molar-refractivity contribution in [3.05, 3.63) is 71.8 Å². The van der Waals surface area contributed by atoms with Crippen molar-refractivity contribution in [2.75, 3.05) is 52.8 Å². The van der Waals surface area contributed by atoms with Crippen LogP contribution in [0.5, 0.6) is 0 Å². The number of aliphatic carboxylic acids is 1. The molecule has 0 aliphatic heterocycles. The molecule has 0 fully saturated rings. The second-order valence-corrected chi connectivity index (χ2v) is 10.5. The topological polar surface area (TPSA) is 156 Å². The fourth-order valence-corrected chi connectivity index (χ4v) is 4.24. The molecule has 2 rings (SSSR count). The molecule has 232 valence electrons. The van der Waals surface area contributed by atoms with Gasteiger partial charge in [0.15, 0.2) is 5.78 Å². The molecule has 0 saturated heterocycles. The van der Waals surface area contributed by atoms with Gasteiger partial charge in [0.25, 0.3) is 0 Å². The van der Waals surface area contributed by atoms with E-state index in [9.17, 15) is 19.5 Å². The summed E-state index contributed by atoms with van der Waals surface area (Å²) in [6.45, 7) is 6.93. The van der Waals surface area contributed by atoms with E-state index in [0.29, 0.717) is 33.0 Å². The van der Waals surface area contributed by atoms with E-state index in [1.54, 1.807) is 57.2 Å². The van der Waals surface area contributed by atoms with E-state index in [2.05, 4.69) is 5.32 Å². The van der Waals surface area contributed by atoms with Crippen LogP contribution < -0.4 is 11.1 Å². The minimum Gasteiger partial charge on any atom is -0.479 e. The normalized spacial score (nSPS) is 13.6. The molecule has 2 atom stereocenters. The summed E-state index contributed by atoms with van der Waals surface area (Å²) in [6.07, 6.45) is -0.810. The van der Waals surface area contributed by atoms with Gasteiger partial charge in [-0.25, -0.2) is 9.59 Å². The first-order chi connectivity index (χ1) is 20.1. The summed E-state index contributed by atoms with van der Waals surface area (Å²) < 4.78 is 27.4. The summed E-state index contributed by atoms with van der Waals surface area (Å²) in [5.41, 5.74) is 3.37. The number of nitrogens with one attached hydrogen (secondary N) is 1. The molecular weight excluding hydrogens is 544 g/mol. The standard InChI is InChI=1S/C31H44N2O9/c1-30(2,3)31(28(35)36,42-21-20-40-19-18-39-17-16-38-15-14-32)27(34)26(22-24-10-6-4-7-11-24)33-29(37)41-23-25-12-8-5-9-13-25/h4-13,26H,14-23,32H2,1-3H3,(H,33,37)(H,35,36)/t26-,31?/m0/s1. The lowest BCUT2D eigenvalue weighted by Gasteiger charge is -2.41. The zero-order valence-corrected chi connectivity index (χ0v) is 24.7. The number of Topliss-reactive ketones (excluding diaryl/α,β-unsaturated/α-hetero) is 1. The Kier molecular flexibility index (Phi) is 15.1. The average Bonchev–Trinajstić information content (AvgIpc) is 2.96. The molecule has 1 amide bonds. The number of nitrogens with two attached hydrogens (primary N) is 1. The third-order valence-electron chi connectivity index (χ3n) is 6.36. The van der Waals surface area contributed by atoms with E-state index < -0.39 is 34.9 Å². The summed E-state index contributed by atoms with van der Waals surface area (Å²) in [7, 11) is 0. The number of hydrogen-bond acceptors (Lipinski definition) is 9. The SMILES string of the molecule is CC(C)(C)C(OCCOCCOCCOCCN)(C(=O)O)C(=O)[C@H](Cc1ccccc1)NC(=O)OCc1ccccc1. The minimum atomic E-state index is -2.29. The number of carbonyl (C=O) groups excluding carboxylic acids is 2. The Morgan fingerprint density at radius 1 is 0.786 bits per heavy atom. The van der Waals surface area contributed by atoms with Crippen LogP contribution in [0.1, 0.15) is 31.9 Å². The van der Waals surface area contributed by atoms with E-state index >= 15 is 0 Å². The zero-order valence-electron chi connectivity index (χ0n) is 24.7. The number of carboxylic acid groups (broad SMARTS) is 1. The van der Waals surface area contributed by atoms with E-state index in [0.717, 1.165) is 11.1 Å². The Morgan fingerprint density at radius 3 is 1.79 bits per heavy atom. The van der Waals surface area contributed by atoms with Crippen molar-refractivity contribution >= 4 is 17.8 Å². The van der Waals surface area contributed by atoms with Crippen molar-refractivity contribution in [2.45, 2.75) is 45.4 Å². The maximum atomic E-state index is 14.1. The second-order valence-electron chi connectivity index (χ2n) is 10.5. The van der Waals surface area contributed by atoms with E-state index in [4.69, 9.17) is 29.4 Å². The van der Waals surface area contributed by atoms with Gasteiger partial charge in [0.05, 0.1) is 52.3 Å². The lowest BCUT2D eigenvalue weighted by atomic mass is 9.71. The van der Waals surface area contributed by atoms with Gasteiger partial charge in [0.1, 0.15) is 6.61 Å². The lowest BCUT2D eigenvalue weighted by Crippen LogP contribution is -2.64. The highest BCUT2D eigenvalue weighted by Gasteiger charge is 2.58. The van der Waals surface area contributed by atoms with Crippen LogP contribution in [0.25, 0.3) is 0 Å². The summed E-state index contributed by atoms with van der Waals surface area (Å²) >= 11 is 0. The molecule has 0 spiro atoms. The van der Waals surface area contributed by atoms with Crippen molar-refractivity contribution in [2.24, 2.45) is 11.1 Å². The van der Waals surface area contributed by atoms with Crippen LogP contribution >= 0.6 is 0 Å². The van der Waals surface area contributed by atoms with E-state index in [1.807, 2.05) is 24.3 Å². The maximum Gasteiger partial charge on any atom is 0.408 e. The Morgan fingerprint density at radius 2 is 1.29 bits per heavy atom. The second kappa shape index (κ2) is 18.2. The van der Waals surface area contributed by atoms with Crippen LogP contribution in [0.4, 0.5) is 4.79 Å². The molecule has 0 bridgehead atoms. The third kappa shape index (κ3) is 11.1. The Hall–Kier alpha value is -3.35. The first-order valence-corrected chi connectivity index (χ1v) is 14.0. The summed E-state index contributed by atoms with van der Waals surface area (Å²) in [5.74, 6) is -2.26. The van der Waals surface area contributed by atoms with E-state index in [-0.39, 0.29) is 32.8 Å². The Bertz CT molecular complexity index is 1080. The van der Waals surface area contributed by atoms with Crippen molar-refractivity contribution < 1.29 is 43.2 Å². The number of carbonyl (C=O) groups is 3. The fourth-order valence-electron chi connectivity index (χ4n) is 4.24. The van der Waals surface area contributed by atoms with Gasteiger partial charge < -0.3 is 39.8 Å². The molecule has 1 unspecified atom stereocenters. The number of amides is 1. The van der Waals surface area contributed by atoms with Gasteiger partial charge in [-0.05, 0) is 11.1 Å². The number of ether oxygens (including phenoxy) is 5. The average molecular weight is 589 g/mol. The van der Waals surface area contributed by atoms with Gasteiger partial charge in [-0.2, -0.15) is 0 Å². The molecule has 11 nitrogen and oxygen atoms in total. The summed E-state index contributed by atoms with van der Waals surface area (Å²) in [6, 6.07) is 16.8. The largest absolute Gasteiger partial charge is 0.479 e. The van der Waals surface area contributed by atoms with Gasteiger partial charge in [-0.15, -0.1) is 0 Å². The molecule has 42 heavy (non-hydrogen) atoms. The molecule has 11 heteroatoms. The summed E-state index contributed by atoms with van der Waals surface area (Å²) in [5, 5.41) is 13.0. The number of rotatable bonds is 20. The first kappa shape index (κ1) is 34.8. The van der Waals surface area contributed by atoms with Crippen LogP contribution in [0.15, 0.2) is 60.7 Å². The smallest absolute Gasteiger partial charge is 0.408 e. The van der Waals surface area contributed by atoms with Crippen LogP contribution in [0, 0.1) is 5.41 Å². The van der Waals surface area contributed by atoms with Gasteiger partial charge in [-0.3, -0.25) is 4.79 Å². The Labute approximate surface area is 247 Å². The lowest BCUT2D eigenvalue weighted by molar-refractivity contribution is -0.191. The molecule has 0 saturated carbocycles. The highest BCUT2D eigenvalue weighted by Crippen LogP contribution is 2.37. The van der Waals surface area contributed by atoms with Gasteiger partial charge in [0.2, 0.25) is 5.60 Å². The summed E-state index contributed by atoms with van der Waals surface area (Å²) in [4.78, 5) is 39.7.